The number of hydrogen-bond donors (Lipinski definition) is 4. The fourth-order valence-electron chi connectivity index (χ4n) is 9.22. The number of aliphatic hydroxyl groups is 2. The Labute approximate surface area is 233 Å². The van der Waals surface area contributed by atoms with Crippen molar-refractivity contribution < 1.29 is 28.0 Å². The van der Waals surface area contributed by atoms with Gasteiger partial charge in [-0.05, 0) is 104 Å². The van der Waals surface area contributed by atoms with Gasteiger partial charge < -0.3 is 15.5 Å². The molecule has 9 heteroatoms. The molecule has 0 aromatic heterocycles. The monoisotopic (exact) mass is 522 g/mol. The Bertz CT molecular complexity index is 870. The van der Waals surface area contributed by atoms with Crippen molar-refractivity contribution in [1.29, 1.82) is 0 Å². The summed E-state index contributed by atoms with van der Waals surface area (Å²) in [5.74, 6) is 2.36. The quantitative estimate of drug-likeness (QED) is 0.301. The van der Waals surface area contributed by atoms with Crippen molar-refractivity contribution in [2.45, 2.75) is 97.2 Å². The van der Waals surface area contributed by atoms with E-state index < -0.39 is 15.9 Å². The van der Waals surface area contributed by atoms with Crippen LogP contribution >= 0.6 is 0 Å². The first-order valence-electron chi connectivity index (χ1n) is 13.4. The first-order valence-corrected chi connectivity index (χ1v) is 15.0. The molecule has 4 fully saturated rings. The molecule has 0 unspecified atom stereocenters. The van der Waals surface area contributed by atoms with Crippen LogP contribution in [0.25, 0.3) is 0 Å². The molecule has 10 atom stereocenters. The van der Waals surface area contributed by atoms with Crippen LogP contribution in [0, 0.1) is 46.3 Å². The Hall–Kier alpha value is 0.300. The number of fused-ring (bicyclic) bond motifs is 5. The Morgan fingerprint density at radius 3 is 2.34 bits per heavy atom. The summed E-state index contributed by atoms with van der Waals surface area (Å²) in [6.45, 7) is 7.05. The summed E-state index contributed by atoms with van der Waals surface area (Å²) in [5.41, 5.74) is 0.367. The predicted molar refractivity (Wildman–Crippen MR) is 136 cm³/mol. The molecule has 0 aromatic carbocycles. The van der Waals surface area contributed by atoms with E-state index in [2.05, 4.69) is 26.1 Å². The van der Waals surface area contributed by atoms with Gasteiger partial charge in [-0.2, -0.15) is 8.42 Å². The largest absolute Gasteiger partial charge is 0.393 e. The average molecular weight is 523 g/mol. The minimum atomic E-state index is -4.06. The fourth-order valence-corrected chi connectivity index (χ4v) is 9.58. The molecule has 4 saturated carbocycles. The van der Waals surface area contributed by atoms with Gasteiger partial charge in [-0.3, -0.25) is 9.35 Å². The molecule has 0 saturated heterocycles. The number of nitrogens with one attached hydrogen (secondary N) is 1. The minimum Gasteiger partial charge on any atom is -0.393 e. The maximum absolute atomic E-state index is 12.2. The molecule has 4 rings (SSSR count). The minimum absolute atomic E-state index is 0. The molecule has 0 heterocycles. The van der Waals surface area contributed by atoms with E-state index in [-0.39, 0.29) is 71.0 Å². The molecule has 197 valence electrons. The zero-order chi connectivity index (χ0) is 24.9. The summed E-state index contributed by atoms with van der Waals surface area (Å²) in [5, 5.41) is 24.0. The average Bonchev–Trinajstić information content (AvgIpc) is 3.10. The van der Waals surface area contributed by atoms with Crippen LogP contribution in [-0.2, 0) is 14.9 Å². The molecule has 0 bridgehead atoms. The molecule has 35 heavy (non-hydrogen) atoms. The van der Waals surface area contributed by atoms with E-state index in [0.717, 1.165) is 32.1 Å². The molecule has 1 radical (unpaired) electrons. The summed E-state index contributed by atoms with van der Waals surface area (Å²) < 4.78 is 30.5. The van der Waals surface area contributed by atoms with E-state index in [4.69, 9.17) is 4.55 Å². The standard InChI is InChI=1S/C26H45NO6S.Na/c1-16(4-7-24(30)27-12-13-34(31,32)33)19-5-6-20-18-15-23(29)22-14-17(28)8-10-26(22,3)21(18)9-11-25(19,20)2;/h16-23,28-29H,4-15H2,1-3H3,(H,27,30)(H,31,32,33);/t16-,17-,18+,19-,20+,21+,22+,23+,25-,26-;/m1./s1. The molecule has 4 N–H and O–H groups in total. The van der Waals surface area contributed by atoms with Crippen molar-refractivity contribution in [2.75, 3.05) is 12.3 Å². The van der Waals surface area contributed by atoms with Crippen LogP contribution in [0.1, 0.15) is 85.0 Å². The molecule has 4 aliphatic carbocycles. The third-order valence-corrected chi connectivity index (χ3v) is 11.6. The van der Waals surface area contributed by atoms with Crippen LogP contribution in [0.5, 0.6) is 0 Å². The van der Waals surface area contributed by atoms with Crippen LogP contribution in [0.3, 0.4) is 0 Å². The number of rotatable bonds is 7. The summed E-state index contributed by atoms with van der Waals surface area (Å²) >= 11 is 0. The maximum atomic E-state index is 12.2. The fraction of sp³-hybridized carbons (Fsp3) is 0.962. The Morgan fingerprint density at radius 2 is 1.66 bits per heavy atom. The van der Waals surface area contributed by atoms with E-state index in [0.29, 0.717) is 36.0 Å². The maximum Gasteiger partial charge on any atom is 0.266 e. The molecular weight excluding hydrogens is 477 g/mol. The van der Waals surface area contributed by atoms with Crippen LogP contribution in [-0.4, -0.2) is 83.2 Å². The van der Waals surface area contributed by atoms with Crippen LogP contribution in [0.15, 0.2) is 0 Å². The number of hydrogen-bond acceptors (Lipinski definition) is 5. The third-order valence-electron chi connectivity index (χ3n) is 10.9. The Kier molecular flexibility index (Phi) is 9.54. The van der Waals surface area contributed by atoms with Gasteiger partial charge in [0.1, 0.15) is 0 Å². The van der Waals surface area contributed by atoms with Gasteiger partial charge >= 0.3 is 0 Å². The van der Waals surface area contributed by atoms with E-state index in [9.17, 15) is 23.4 Å². The molecule has 0 spiro atoms. The van der Waals surface area contributed by atoms with Gasteiger partial charge in [0.05, 0.1) is 18.0 Å². The Balaban J connectivity index is 0.00000342. The van der Waals surface area contributed by atoms with E-state index in [1.54, 1.807) is 0 Å². The summed E-state index contributed by atoms with van der Waals surface area (Å²) in [6, 6.07) is 0. The van der Waals surface area contributed by atoms with Gasteiger partial charge in [0.25, 0.3) is 10.1 Å². The summed E-state index contributed by atoms with van der Waals surface area (Å²) in [7, 11) is -4.06. The SMILES string of the molecule is C[C@H](CCC(=O)NCCS(=O)(=O)O)[C@H]1CC[C@H]2[C@@H]3C[C@H](O)[C@@H]4C[C@H](O)CC[C@]4(C)[C@H]3CC[C@]12C.[Na]. The van der Waals surface area contributed by atoms with Crippen molar-refractivity contribution in [3.63, 3.8) is 0 Å². The molecule has 7 nitrogen and oxygen atoms in total. The molecule has 4 aliphatic rings. The second kappa shape index (κ2) is 11.2. The second-order valence-electron chi connectivity index (χ2n) is 12.6. The third kappa shape index (κ3) is 5.99. The topological polar surface area (TPSA) is 124 Å². The Morgan fingerprint density at radius 1 is 1.00 bits per heavy atom. The van der Waals surface area contributed by atoms with Gasteiger partial charge in [-0.25, -0.2) is 0 Å². The van der Waals surface area contributed by atoms with Crippen molar-refractivity contribution in [3.05, 3.63) is 0 Å². The smallest absolute Gasteiger partial charge is 0.266 e. The number of carbonyl (C=O) groups excluding carboxylic acids is 1. The summed E-state index contributed by atoms with van der Waals surface area (Å²) in [4.78, 5) is 12.2. The van der Waals surface area contributed by atoms with Crippen LogP contribution in [0.4, 0.5) is 0 Å². The van der Waals surface area contributed by atoms with Crippen molar-refractivity contribution in [3.8, 4) is 0 Å². The predicted octanol–water partition coefficient (Wildman–Crippen LogP) is 3.02. The van der Waals surface area contributed by atoms with Crippen molar-refractivity contribution in [2.24, 2.45) is 46.3 Å². The summed E-state index contributed by atoms with van der Waals surface area (Å²) in [6.07, 6.45) is 8.84. The van der Waals surface area contributed by atoms with Crippen molar-refractivity contribution >= 4 is 45.6 Å². The zero-order valence-corrected chi connectivity index (χ0v) is 24.9. The van der Waals surface area contributed by atoms with Gasteiger partial charge in [0.2, 0.25) is 5.91 Å². The van der Waals surface area contributed by atoms with Gasteiger partial charge in [0, 0.05) is 42.5 Å². The van der Waals surface area contributed by atoms with E-state index >= 15 is 0 Å². The first-order chi connectivity index (χ1) is 15.8. The second-order valence-corrected chi connectivity index (χ2v) is 14.2. The van der Waals surface area contributed by atoms with Crippen molar-refractivity contribution in [1.82, 2.24) is 5.32 Å². The van der Waals surface area contributed by atoms with Crippen LogP contribution in [0.2, 0.25) is 0 Å². The number of aliphatic hydroxyl groups excluding tert-OH is 2. The molecular formula is C26H45NNaO6S. The molecule has 1 amide bonds. The zero-order valence-electron chi connectivity index (χ0n) is 22.1. The molecule has 0 aromatic rings. The van der Waals surface area contributed by atoms with Gasteiger partial charge in [-0.15, -0.1) is 0 Å². The van der Waals surface area contributed by atoms with E-state index in [1.807, 2.05) is 0 Å². The number of carbonyl (C=O) groups is 1. The number of amides is 1. The molecule has 0 aliphatic heterocycles. The first kappa shape index (κ1) is 29.9. The van der Waals surface area contributed by atoms with Gasteiger partial charge in [-0.1, -0.05) is 20.8 Å². The van der Waals surface area contributed by atoms with E-state index in [1.165, 1.54) is 25.7 Å². The van der Waals surface area contributed by atoms with Crippen LogP contribution < -0.4 is 5.32 Å². The normalized spacial score (nSPS) is 43.8. The van der Waals surface area contributed by atoms with Gasteiger partial charge in [0.15, 0.2) is 0 Å².